The van der Waals surface area contributed by atoms with Crippen molar-refractivity contribution < 1.29 is 23.4 Å². The zero-order valence-electron chi connectivity index (χ0n) is 18.8. The summed E-state index contributed by atoms with van der Waals surface area (Å²) in [6.45, 7) is 0.611. The first-order valence-electron chi connectivity index (χ1n) is 10.4. The minimum Gasteiger partial charge on any atom is -0.493 e. The highest BCUT2D eigenvalue weighted by Crippen LogP contribution is 2.48. The molecule has 168 valence electrons. The Bertz CT molecular complexity index is 1230. The third kappa shape index (κ3) is 4.41. The molecule has 3 aromatic carbocycles. The van der Waals surface area contributed by atoms with Crippen LogP contribution in [0, 0.1) is 0 Å². The second-order valence-electron chi connectivity index (χ2n) is 7.30. The molecule has 0 radical (unpaired) electrons. The fourth-order valence-corrected chi connectivity index (χ4v) is 3.84. The number of aldehydes is 1. The second kappa shape index (κ2) is 9.96. The molecule has 6 nitrogen and oxygen atoms in total. The highest BCUT2D eigenvalue weighted by Gasteiger charge is 2.24. The van der Waals surface area contributed by atoms with Gasteiger partial charge in [0.1, 0.15) is 5.76 Å². The average Bonchev–Trinajstić information content (AvgIpc) is 3.41. The van der Waals surface area contributed by atoms with E-state index >= 15 is 0 Å². The smallest absolute Gasteiger partial charge is 0.203 e. The summed E-state index contributed by atoms with van der Waals surface area (Å²) in [5.41, 5.74) is 4.64. The first kappa shape index (κ1) is 22.0. The van der Waals surface area contributed by atoms with E-state index in [-0.39, 0.29) is 0 Å². The van der Waals surface area contributed by atoms with Crippen molar-refractivity contribution in [1.82, 2.24) is 0 Å². The Balaban J connectivity index is 1.92. The van der Waals surface area contributed by atoms with Gasteiger partial charge in [0, 0.05) is 34.5 Å². The fourth-order valence-electron chi connectivity index (χ4n) is 3.84. The number of benzene rings is 3. The molecule has 4 rings (SSSR count). The Hall–Kier alpha value is -4.19. The normalized spacial score (nSPS) is 10.5. The van der Waals surface area contributed by atoms with Crippen molar-refractivity contribution >= 4 is 12.0 Å². The lowest BCUT2D eigenvalue weighted by Gasteiger charge is -2.21. The molecule has 0 saturated carbocycles. The van der Waals surface area contributed by atoms with Crippen molar-refractivity contribution in [1.29, 1.82) is 0 Å². The Kier molecular flexibility index (Phi) is 6.64. The van der Waals surface area contributed by atoms with E-state index in [0.717, 1.165) is 34.4 Å². The number of furan rings is 1. The van der Waals surface area contributed by atoms with Crippen molar-refractivity contribution in [3.8, 4) is 39.7 Å². The summed E-state index contributed by atoms with van der Waals surface area (Å²) in [7, 11) is 4.61. The van der Waals surface area contributed by atoms with Crippen LogP contribution in [0.5, 0.6) is 17.2 Å². The van der Waals surface area contributed by atoms with E-state index in [4.69, 9.17) is 18.6 Å². The largest absolute Gasteiger partial charge is 0.493 e. The molecule has 33 heavy (non-hydrogen) atoms. The lowest BCUT2D eigenvalue weighted by atomic mass is 9.94. The molecule has 0 unspecified atom stereocenters. The quantitative estimate of drug-likeness (QED) is 0.317. The zero-order chi connectivity index (χ0) is 23.2. The molecule has 6 heteroatoms. The lowest BCUT2D eigenvalue weighted by Crippen LogP contribution is -2.04. The molecule has 0 bridgehead atoms. The lowest BCUT2D eigenvalue weighted by molar-refractivity contribution is 0.112. The topological polar surface area (TPSA) is 69.9 Å². The second-order valence-corrected chi connectivity index (χ2v) is 7.30. The van der Waals surface area contributed by atoms with Crippen LogP contribution in [-0.2, 0) is 6.54 Å². The van der Waals surface area contributed by atoms with Crippen molar-refractivity contribution in [3.63, 3.8) is 0 Å². The zero-order valence-corrected chi connectivity index (χ0v) is 18.8. The van der Waals surface area contributed by atoms with Crippen LogP contribution in [-0.4, -0.2) is 27.6 Å². The number of hydrogen-bond acceptors (Lipinski definition) is 6. The van der Waals surface area contributed by atoms with Crippen LogP contribution in [0.2, 0.25) is 0 Å². The number of hydrogen-bond donors (Lipinski definition) is 1. The monoisotopic (exact) mass is 443 g/mol. The summed E-state index contributed by atoms with van der Waals surface area (Å²) < 4.78 is 22.4. The summed E-state index contributed by atoms with van der Waals surface area (Å²) in [5.74, 6) is 1.97. The van der Waals surface area contributed by atoms with Gasteiger partial charge in [0.15, 0.2) is 17.8 Å². The summed E-state index contributed by atoms with van der Waals surface area (Å²) in [5, 5.41) is 3.50. The van der Waals surface area contributed by atoms with Gasteiger partial charge in [-0.15, -0.1) is 0 Å². The molecule has 0 aliphatic carbocycles. The van der Waals surface area contributed by atoms with E-state index in [2.05, 4.69) is 17.4 Å². The van der Waals surface area contributed by atoms with Gasteiger partial charge in [0.05, 0.1) is 27.6 Å². The highest BCUT2D eigenvalue weighted by molar-refractivity contribution is 5.98. The minimum absolute atomic E-state index is 0.415. The number of rotatable bonds is 9. The van der Waals surface area contributed by atoms with Crippen LogP contribution in [0.4, 0.5) is 5.69 Å². The highest BCUT2D eigenvalue weighted by atomic mass is 16.5. The minimum atomic E-state index is 0.415. The number of methoxy groups -OCH3 is 3. The van der Waals surface area contributed by atoms with Crippen LogP contribution >= 0.6 is 0 Å². The number of anilines is 1. The van der Waals surface area contributed by atoms with E-state index in [1.165, 1.54) is 7.11 Å². The molecule has 1 aromatic heterocycles. The maximum Gasteiger partial charge on any atom is 0.203 e. The first-order chi connectivity index (χ1) is 16.2. The molecule has 0 atom stereocenters. The summed E-state index contributed by atoms with van der Waals surface area (Å²) in [6, 6.07) is 21.4. The Morgan fingerprint density at radius 2 is 1.67 bits per heavy atom. The van der Waals surface area contributed by atoms with Gasteiger partial charge in [-0.1, -0.05) is 30.3 Å². The summed E-state index contributed by atoms with van der Waals surface area (Å²) >= 11 is 0. The van der Waals surface area contributed by atoms with Crippen LogP contribution in [0.15, 0.2) is 77.4 Å². The Morgan fingerprint density at radius 3 is 2.30 bits per heavy atom. The van der Waals surface area contributed by atoms with Gasteiger partial charge in [0.25, 0.3) is 0 Å². The molecule has 0 aliphatic rings. The predicted molar refractivity (Wildman–Crippen MR) is 128 cm³/mol. The molecule has 0 saturated heterocycles. The van der Waals surface area contributed by atoms with Crippen molar-refractivity contribution in [2.45, 2.75) is 6.54 Å². The van der Waals surface area contributed by atoms with Crippen molar-refractivity contribution in [3.05, 3.63) is 84.1 Å². The number of carbonyl (C=O) groups is 1. The predicted octanol–water partition coefficient (Wildman–Crippen LogP) is 6.06. The third-order valence-corrected chi connectivity index (χ3v) is 5.41. The van der Waals surface area contributed by atoms with Crippen molar-refractivity contribution in [2.75, 3.05) is 26.6 Å². The van der Waals surface area contributed by atoms with E-state index in [0.29, 0.717) is 34.9 Å². The fraction of sp³-hybridized carbons (Fsp3) is 0.148. The molecule has 0 fully saturated rings. The number of nitrogens with one attached hydrogen (secondary N) is 1. The summed E-state index contributed by atoms with van der Waals surface area (Å²) in [6.07, 6.45) is 2.42. The molecule has 0 spiro atoms. The van der Waals surface area contributed by atoms with Gasteiger partial charge in [-0.25, -0.2) is 0 Å². The average molecular weight is 443 g/mol. The third-order valence-electron chi connectivity index (χ3n) is 5.41. The number of carbonyl (C=O) groups excluding carboxylic acids is 1. The first-order valence-corrected chi connectivity index (χ1v) is 10.4. The van der Waals surface area contributed by atoms with Crippen LogP contribution in [0.1, 0.15) is 15.9 Å². The van der Waals surface area contributed by atoms with Gasteiger partial charge in [-0.2, -0.15) is 0 Å². The van der Waals surface area contributed by atoms with E-state index in [1.807, 2.05) is 48.5 Å². The molecule has 1 heterocycles. The van der Waals surface area contributed by atoms with Gasteiger partial charge in [-0.3, -0.25) is 4.79 Å². The number of ether oxygens (including phenoxy) is 3. The maximum atomic E-state index is 12.1. The standard InChI is InChI=1S/C27H25NO5/c1-30-24-15-20(17-29)25(27(32-3)26(24)31-2)21-14-19(23-10-7-13-33-23)11-12-22(21)28-16-18-8-5-4-6-9-18/h4-15,17,28H,16H2,1-3H3. The van der Waals surface area contributed by atoms with E-state index < -0.39 is 0 Å². The molecule has 0 aliphatic heterocycles. The summed E-state index contributed by atoms with van der Waals surface area (Å²) in [4.78, 5) is 12.1. The van der Waals surface area contributed by atoms with Crippen LogP contribution in [0.3, 0.4) is 0 Å². The van der Waals surface area contributed by atoms with Gasteiger partial charge < -0.3 is 23.9 Å². The molecule has 0 amide bonds. The van der Waals surface area contributed by atoms with Crippen molar-refractivity contribution in [2.24, 2.45) is 0 Å². The van der Waals surface area contributed by atoms with E-state index in [1.54, 1.807) is 26.5 Å². The van der Waals surface area contributed by atoms with Crippen LogP contribution < -0.4 is 19.5 Å². The molecule has 1 N–H and O–H groups in total. The SMILES string of the molecule is COc1cc(C=O)c(-c2cc(-c3ccco3)ccc2NCc2ccccc2)c(OC)c1OC. The van der Waals surface area contributed by atoms with Gasteiger partial charge >= 0.3 is 0 Å². The Labute approximate surface area is 192 Å². The molecule has 4 aromatic rings. The molecular weight excluding hydrogens is 418 g/mol. The van der Waals surface area contributed by atoms with E-state index in [9.17, 15) is 4.79 Å². The van der Waals surface area contributed by atoms with Gasteiger partial charge in [-0.05, 0) is 42.0 Å². The van der Waals surface area contributed by atoms with Crippen LogP contribution in [0.25, 0.3) is 22.5 Å². The van der Waals surface area contributed by atoms with Gasteiger partial charge in [0.2, 0.25) is 5.75 Å². The molecular formula is C27H25NO5. The Morgan fingerprint density at radius 1 is 0.879 bits per heavy atom. The maximum absolute atomic E-state index is 12.1.